The molecular formula is C14H16O2S8. The molecule has 0 fully saturated rings. The molecule has 0 aliphatic carbocycles. The normalized spacial score (nSPS) is 19.5. The molecule has 0 saturated heterocycles. The van der Waals surface area contributed by atoms with E-state index in [-0.39, 0.29) is 11.5 Å². The second kappa shape index (κ2) is 9.96. The molecule has 0 radical (unpaired) electrons. The lowest BCUT2D eigenvalue weighted by Gasteiger charge is -2.06. The first-order valence-corrected chi connectivity index (χ1v) is 14.3. The average Bonchev–Trinajstić information content (AvgIpc) is 3.14. The molecule has 0 bridgehead atoms. The number of rotatable bonds is 6. The van der Waals surface area contributed by atoms with Crippen molar-refractivity contribution in [2.24, 2.45) is 0 Å². The minimum atomic E-state index is -0.0970. The first-order chi connectivity index (χ1) is 11.4. The van der Waals surface area contributed by atoms with Crippen molar-refractivity contribution in [1.82, 2.24) is 0 Å². The van der Waals surface area contributed by atoms with Crippen molar-refractivity contribution >= 4 is 99.9 Å². The summed E-state index contributed by atoms with van der Waals surface area (Å²) >= 11 is 13.8. The maximum atomic E-state index is 11.8. The zero-order valence-corrected chi connectivity index (χ0v) is 20.2. The number of Topliss-reactive ketones (excluding diaryl/α,β-unsaturated/α-hetero) is 1. The molecule has 0 aromatic heterocycles. The maximum Gasteiger partial charge on any atom is 0.169 e. The van der Waals surface area contributed by atoms with Crippen molar-refractivity contribution in [3.8, 4) is 0 Å². The molecule has 0 amide bonds. The number of hydrogen-bond donors (Lipinski definition) is 1. The lowest BCUT2D eigenvalue weighted by atomic mass is 10.4. The van der Waals surface area contributed by atoms with Gasteiger partial charge >= 0.3 is 0 Å². The van der Waals surface area contributed by atoms with Gasteiger partial charge in [0.1, 0.15) is 5.76 Å². The Kier molecular flexibility index (Phi) is 8.94. The van der Waals surface area contributed by atoms with Crippen LogP contribution in [0.5, 0.6) is 0 Å². The van der Waals surface area contributed by atoms with Gasteiger partial charge in [0.2, 0.25) is 0 Å². The molecule has 24 heavy (non-hydrogen) atoms. The van der Waals surface area contributed by atoms with Gasteiger partial charge in [0.05, 0.1) is 30.3 Å². The lowest BCUT2D eigenvalue weighted by molar-refractivity contribution is -0.113. The minimum absolute atomic E-state index is 0.0905. The summed E-state index contributed by atoms with van der Waals surface area (Å²) in [5.41, 5.74) is 0. The van der Waals surface area contributed by atoms with E-state index in [9.17, 15) is 9.90 Å². The lowest BCUT2D eigenvalue weighted by Crippen LogP contribution is -1.95. The highest BCUT2D eigenvalue weighted by molar-refractivity contribution is 8.45. The number of aliphatic hydroxyl groups is 1. The number of aliphatic hydroxyl groups excluding tert-OH is 1. The third-order valence-electron chi connectivity index (χ3n) is 2.64. The Hall–Kier alpha value is 1.23. The molecule has 0 aromatic carbocycles. The van der Waals surface area contributed by atoms with E-state index in [1.54, 1.807) is 65.7 Å². The van der Waals surface area contributed by atoms with Crippen LogP contribution in [0.4, 0.5) is 0 Å². The van der Waals surface area contributed by atoms with Crippen molar-refractivity contribution in [3.05, 3.63) is 36.1 Å². The molecule has 132 valence electrons. The number of allylic oxidation sites excluding steroid dienone is 2. The summed E-state index contributed by atoms with van der Waals surface area (Å²) in [6.45, 7) is 3.06. The van der Waals surface area contributed by atoms with E-state index in [4.69, 9.17) is 0 Å². The zero-order chi connectivity index (χ0) is 17.9. The number of ketones is 1. The molecular weight excluding hydrogens is 457 g/mol. The molecule has 2 aliphatic rings. The van der Waals surface area contributed by atoms with E-state index in [0.29, 0.717) is 4.91 Å². The van der Waals surface area contributed by atoms with E-state index in [1.807, 2.05) is 29.8 Å². The molecule has 2 rings (SSSR count). The highest BCUT2D eigenvalue weighted by Crippen LogP contribution is 2.66. The highest BCUT2D eigenvalue weighted by atomic mass is 32.3. The Morgan fingerprint density at radius 3 is 1.50 bits per heavy atom. The third kappa shape index (κ3) is 5.15. The topological polar surface area (TPSA) is 37.3 Å². The van der Waals surface area contributed by atoms with Crippen molar-refractivity contribution in [1.29, 1.82) is 0 Å². The van der Waals surface area contributed by atoms with Gasteiger partial charge < -0.3 is 5.11 Å². The molecule has 0 saturated carbocycles. The Bertz CT molecular complexity index is 652. The van der Waals surface area contributed by atoms with Crippen LogP contribution in [0, 0.1) is 0 Å². The van der Waals surface area contributed by atoms with Gasteiger partial charge in [-0.1, -0.05) is 58.8 Å². The van der Waals surface area contributed by atoms with E-state index in [2.05, 4.69) is 12.5 Å². The number of carbonyl (C=O) groups is 1. The SMILES string of the molecule is CSC1=C(SC)SC(=C2SC(SC)=C(S/C(C(C)=O)=C(\C)O)S2)S1. The van der Waals surface area contributed by atoms with Gasteiger partial charge in [-0.25, -0.2) is 0 Å². The quantitative estimate of drug-likeness (QED) is 0.309. The molecule has 1 N–H and O–H groups in total. The molecule has 0 unspecified atom stereocenters. The minimum Gasteiger partial charge on any atom is -0.511 e. The maximum absolute atomic E-state index is 11.8. The van der Waals surface area contributed by atoms with Gasteiger partial charge in [-0.3, -0.25) is 4.79 Å². The fourth-order valence-electron chi connectivity index (χ4n) is 1.64. The second-order valence-corrected chi connectivity index (χ2v) is 13.4. The fourth-order valence-corrected chi connectivity index (χ4v) is 12.2. The van der Waals surface area contributed by atoms with Crippen molar-refractivity contribution in [2.75, 3.05) is 18.8 Å². The highest BCUT2D eigenvalue weighted by Gasteiger charge is 2.30. The van der Waals surface area contributed by atoms with E-state index >= 15 is 0 Å². The number of hydrogen-bond acceptors (Lipinski definition) is 10. The van der Waals surface area contributed by atoms with Crippen molar-refractivity contribution in [3.63, 3.8) is 0 Å². The third-order valence-corrected chi connectivity index (χ3v) is 14.0. The first-order valence-electron chi connectivity index (χ1n) is 6.56. The van der Waals surface area contributed by atoms with Crippen LogP contribution in [0.1, 0.15) is 13.8 Å². The predicted molar refractivity (Wildman–Crippen MR) is 126 cm³/mol. The second-order valence-electron chi connectivity index (χ2n) is 4.32. The summed E-state index contributed by atoms with van der Waals surface area (Å²) in [5.74, 6) is -0.00643. The fraction of sp³-hybridized carbons (Fsp3) is 0.357. The average molecular weight is 473 g/mol. The Balaban J connectivity index is 2.21. The van der Waals surface area contributed by atoms with E-state index < -0.39 is 0 Å². The molecule has 2 aliphatic heterocycles. The van der Waals surface area contributed by atoms with Gasteiger partial charge in [0, 0.05) is 0 Å². The smallest absolute Gasteiger partial charge is 0.169 e. The Morgan fingerprint density at radius 2 is 1.17 bits per heavy atom. The summed E-state index contributed by atoms with van der Waals surface area (Å²) in [6.07, 6.45) is 6.28. The van der Waals surface area contributed by atoms with Crippen molar-refractivity contribution in [2.45, 2.75) is 13.8 Å². The van der Waals surface area contributed by atoms with Gasteiger partial charge in [-0.2, -0.15) is 0 Å². The van der Waals surface area contributed by atoms with Crippen LogP contribution in [-0.4, -0.2) is 29.7 Å². The zero-order valence-electron chi connectivity index (χ0n) is 13.6. The van der Waals surface area contributed by atoms with Gasteiger partial charge in [0.25, 0.3) is 0 Å². The molecule has 2 nitrogen and oxygen atoms in total. The van der Waals surface area contributed by atoms with Crippen LogP contribution in [0.25, 0.3) is 0 Å². The van der Waals surface area contributed by atoms with Crippen LogP contribution < -0.4 is 0 Å². The summed E-state index contributed by atoms with van der Waals surface area (Å²) in [4.78, 5) is 12.2. The van der Waals surface area contributed by atoms with Crippen LogP contribution in [0.3, 0.4) is 0 Å². The summed E-state index contributed by atoms with van der Waals surface area (Å²) in [5, 5.41) is 9.77. The van der Waals surface area contributed by atoms with Gasteiger partial charge in [-0.05, 0) is 32.6 Å². The van der Waals surface area contributed by atoms with Crippen LogP contribution in [0.15, 0.2) is 36.1 Å². The first kappa shape index (κ1) is 21.5. The predicted octanol–water partition coefficient (Wildman–Crippen LogP) is 7.53. The molecule has 0 spiro atoms. The Morgan fingerprint density at radius 1 is 0.792 bits per heavy atom. The summed E-state index contributed by atoms with van der Waals surface area (Å²) < 4.78 is 7.58. The monoisotopic (exact) mass is 472 g/mol. The number of carbonyl (C=O) groups excluding carboxylic acids is 1. The number of thioether (sulfide) groups is 8. The van der Waals surface area contributed by atoms with Crippen molar-refractivity contribution < 1.29 is 9.90 Å². The molecule has 10 heteroatoms. The Labute approximate surface area is 177 Å². The summed E-state index contributed by atoms with van der Waals surface area (Å²) in [7, 11) is 0. The van der Waals surface area contributed by atoms with E-state index in [1.165, 1.54) is 39.9 Å². The van der Waals surface area contributed by atoms with Gasteiger partial charge in [-0.15, -0.1) is 35.3 Å². The summed E-state index contributed by atoms with van der Waals surface area (Å²) in [6, 6.07) is 0. The standard InChI is InChI=1S/C14H16O2S8/c1-6(15)8(7(2)16)20-12-11(19-5)23-14(24-12)13-21-9(17-3)10(18-4)22-13/h15H,1-5H3/b8-6+. The van der Waals surface area contributed by atoms with Gasteiger partial charge in [0.15, 0.2) is 5.78 Å². The van der Waals surface area contributed by atoms with Crippen LogP contribution >= 0.6 is 94.1 Å². The van der Waals surface area contributed by atoms with Crippen LogP contribution in [-0.2, 0) is 4.79 Å². The van der Waals surface area contributed by atoms with E-state index in [0.717, 1.165) is 4.24 Å². The molecule has 0 atom stereocenters. The van der Waals surface area contributed by atoms with Crippen LogP contribution in [0.2, 0.25) is 0 Å². The molecule has 0 aromatic rings. The molecule has 2 heterocycles. The largest absolute Gasteiger partial charge is 0.511 e.